The third-order valence-corrected chi connectivity index (χ3v) is 4.01. The van der Waals surface area contributed by atoms with Crippen molar-refractivity contribution in [1.29, 1.82) is 0 Å². The molecule has 0 aliphatic rings. The summed E-state index contributed by atoms with van der Waals surface area (Å²) < 4.78 is 16.4. The molecule has 29 heavy (non-hydrogen) atoms. The van der Waals surface area contributed by atoms with E-state index in [0.717, 1.165) is 11.4 Å². The van der Waals surface area contributed by atoms with Crippen molar-refractivity contribution in [2.45, 2.75) is 6.61 Å². The molecule has 0 amide bonds. The molecule has 9 nitrogen and oxygen atoms in total. The van der Waals surface area contributed by atoms with Crippen molar-refractivity contribution in [3.63, 3.8) is 0 Å². The van der Waals surface area contributed by atoms with Crippen molar-refractivity contribution in [3.8, 4) is 29.9 Å². The van der Waals surface area contributed by atoms with E-state index < -0.39 is 0 Å². The van der Waals surface area contributed by atoms with E-state index in [1.54, 1.807) is 25.4 Å². The molecule has 1 aromatic carbocycles. The van der Waals surface area contributed by atoms with Crippen molar-refractivity contribution in [2.75, 3.05) is 12.4 Å². The largest absolute Gasteiger partial charge is 0.493 e. The molecule has 0 radical (unpaired) electrons. The van der Waals surface area contributed by atoms with Gasteiger partial charge in [0.2, 0.25) is 0 Å². The van der Waals surface area contributed by atoms with E-state index in [0.29, 0.717) is 35.0 Å². The van der Waals surface area contributed by atoms with Gasteiger partial charge in [-0.2, -0.15) is 0 Å². The molecule has 0 unspecified atom stereocenters. The van der Waals surface area contributed by atoms with Crippen LogP contribution in [-0.2, 0) is 6.61 Å². The number of ether oxygens (including phenoxy) is 3. The molecule has 2 N–H and O–H groups in total. The van der Waals surface area contributed by atoms with Crippen molar-refractivity contribution in [2.24, 2.45) is 0 Å². The molecule has 0 saturated carbocycles. The lowest BCUT2D eigenvalue weighted by molar-refractivity contribution is 0.281. The predicted molar refractivity (Wildman–Crippen MR) is 106 cm³/mol. The normalized spacial score (nSPS) is 10.3. The molecule has 0 atom stereocenters. The maximum absolute atomic E-state index is 5.83. The van der Waals surface area contributed by atoms with Gasteiger partial charge in [0.25, 0.3) is 5.88 Å². The number of methoxy groups -OCH3 is 1. The Kier molecular flexibility index (Phi) is 5.07. The number of hydrogen-bond donors (Lipinski definition) is 2. The Morgan fingerprint density at radius 2 is 2.07 bits per heavy atom. The van der Waals surface area contributed by atoms with E-state index >= 15 is 0 Å². The molecule has 0 bridgehead atoms. The van der Waals surface area contributed by atoms with Crippen LogP contribution in [0, 0.1) is 12.5 Å². The maximum Gasteiger partial charge on any atom is 0.262 e. The van der Waals surface area contributed by atoms with Crippen molar-refractivity contribution >= 4 is 22.5 Å². The fourth-order valence-corrected chi connectivity index (χ4v) is 2.69. The summed E-state index contributed by atoms with van der Waals surface area (Å²) in [6.45, 7) is 0.332. The number of fused-ring (bicyclic) bond motifs is 1. The zero-order valence-electron chi connectivity index (χ0n) is 15.4. The zero-order chi connectivity index (χ0) is 20.1. The second kappa shape index (κ2) is 8.14. The van der Waals surface area contributed by atoms with Crippen LogP contribution in [0.1, 0.15) is 5.69 Å². The van der Waals surface area contributed by atoms with E-state index in [1.165, 1.54) is 6.33 Å². The lowest BCUT2D eigenvalue weighted by Crippen LogP contribution is -2.01. The minimum absolute atomic E-state index is 0.216. The van der Waals surface area contributed by atoms with Gasteiger partial charge in [0, 0.05) is 18.0 Å². The summed E-state index contributed by atoms with van der Waals surface area (Å²) in [5, 5.41) is 10.5. The SMILES string of the molecule is C#COc1n[nH]c2ncnc(Nc3ccc(OCc4ccccn4)c(OC)c3)c12. The molecule has 9 heteroatoms. The molecule has 3 heterocycles. The Morgan fingerprint density at radius 3 is 2.86 bits per heavy atom. The first-order chi connectivity index (χ1) is 14.3. The predicted octanol–water partition coefficient (Wildman–Crippen LogP) is 3.05. The van der Waals surface area contributed by atoms with Gasteiger partial charge < -0.3 is 19.5 Å². The topological polar surface area (TPSA) is 107 Å². The number of H-pyrrole nitrogens is 1. The van der Waals surface area contributed by atoms with Crippen LogP contribution in [0.15, 0.2) is 48.9 Å². The fourth-order valence-electron chi connectivity index (χ4n) is 2.69. The van der Waals surface area contributed by atoms with Crippen LogP contribution in [0.2, 0.25) is 0 Å². The highest BCUT2D eigenvalue weighted by molar-refractivity contribution is 5.93. The molecular formula is C20H16N6O3. The number of benzene rings is 1. The van der Waals surface area contributed by atoms with Gasteiger partial charge in [0.15, 0.2) is 17.1 Å². The van der Waals surface area contributed by atoms with E-state index in [2.05, 4.69) is 36.6 Å². The molecular weight excluding hydrogens is 372 g/mol. The molecule has 0 spiro atoms. The van der Waals surface area contributed by atoms with Crippen LogP contribution in [0.25, 0.3) is 11.0 Å². The van der Waals surface area contributed by atoms with Crippen molar-refractivity contribution < 1.29 is 14.2 Å². The summed E-state index contributed by atoms with van der Waals surface area (Å²) in [6, 6.07) is 11.1. The summed E-state index contributed by atoms with van der Waals surface area (Å²) >= 11 is 0. The molecule has 0 saturated heterocycles. The molecule has 4 aromatic rings. The highest BCUT2D eigenvalue weighted by Gasteiger charge is 2.15. The van der Waals surface area contributed by atoms with E-state index in [9.17, 15) is 0 Å². The van der Waals surface area contributed by atoms with Gasteiger partial charge in [-0.05, 0) is 24.3 Å². The zero-order valence-corrected chi connectivity index (χ0v) is 15.4. The van der Waals surface area contributed by atoms with Gasteiger partial charge in [0.1, 0.15) is 30.2 Å². The standard InChI is InChI=1S/C20H16N6O3/c1-3-28-20-17-18(22-12-23-19(17)25-26-20)24-13-7-8-15(16(10-13)27-2)29-11-14-6-4-5-9-21-14/h1,4-10,12H,11H2,2H3,(H2,22,23,24,25,26). The minimum Gasteiger partial charge on any atom is -0.493 e. The summed E-state index contributed by atoms with van der Waals surface area (Å²) in [4.78, 5) is 12.6. The number of anilines is 2. The van der Waals surface area contributed by atoms with E-state index in [4.69, 9.17) is 20.6 Å². The number of nitrogens with one attached hydrogen (secondary N) is 2. The highest BCUT2D eigenvalue weighted by atomic mass is 16.5. The van der Waals surface area contributed by atoms with Crippen LogP contribution in [-0.4, -0.2) is 32.3 Å². The fraction of sp³-hybridized carbons (Fsp3) is 0.100. The molecule has 4 rings (SSSR count). The maximum atomic E-state index is 5.83. The quantitative estimate of drug-likeness (QED) is 0.465. The molecule has 144 valence electrons. The van der Waals surface area contributed by atoms with Gasteiger partial charge in [-0.15, -0.1) is 5.10 Å². The number of terminal acetylenes is 1. The molecule has 0 fully saturated rings. The lowest BCUT2D eigenvalue weighted by Gasteiger charge is -2.13. The number of hydrogen-bond acceptors (Lipinski definition) is 8. The summed E-state index contributed by atoms with van der Waals surface area (Å²) in [5.41, 5.74) is 2.04. The Labute approximate surface area is 166 Å². The number of nitrogens with zero attached hydrogens (tertiary/aromatic N) is 4. The minimum atomic E-state index is 0.216. The first-order valence-electron chi connectivity index (χ1n) is 8.57. The molecule has 3 aromatic heterocycles. The number of aromatic amines is 1. The third kappa shape index (κ3) is 3.86. The molecule has 0 aliphatic carbocycles. The number of pyridine rings is 1. The van der Waals surface area contributed by atoms with Crippen molar-refractivity contribution in [3.05, 3.63) is 54.6 Å². The summed E-state index contributed by atoms with van der Waals surface area (Å²) in [6.07, 6.45) is 10.4. The van der Waals surface area contributed by atoms with Crippen LogP contribution in [0.3, 0.4) is 0 Å². The van der Waals surface area contributed by atoms with Crippen LogP contribution in [0.4, 0.5) is 11.5 Å². The van der Waals surface area contributed by atoms with E-state index in [-0.39, 0.29) is 5.88 Å². The lowest BCUT2D eigenvalue weighted by atomic mass is 10.2. The highest BCUT2D eigenvalue weighted by Crippen LogP contribution is 2.34. The summed E-state index contributed by atoms with van der Waals surface area (Å²) in [5.74, 6) is 1.85. The second-order valence-electron chi connectivity index (χ2n) is 5.79. The average molecular weight is 388 g/mol. The van der Waals surface area contributed by atoms with Crippen LogP contribution < -0.4 is 19.5 Å². The smallest absolute Gasteiger partial charge is 0.262 e. The van der Waals surface area contributed by atoms with Crippen molar-refractivity contribution in [1.82, 2.24) is 25.1 Å². The summed E-state index contributed by atoms with van der Waals surface area (Å²) in [7, 11) is 1.57. The average Bonchev–Trinajstić information content (AvgIpc) is 3.18. The van der Waals surface area contributed by atoms with Gasteiger partial charge in [-0.1, -0.05) is 12.5 Å². The van der Waals surface area contributed by atoms with Gasteiger partial charge in [-0.25, -0.2) is 9.97 Å². The Bertz CT molecular complexity index is 1170. The number of aromatic nitrogens is 5. The second-order valence-corrected chi connectivity index (χ2v) is 5.79. The Hall–Kier alpha value is -4.32. The third-order valence-electron chi connectivity index (χ3n) is 4.01. The van der Waals surface area contributed by atoms with E-state index in [1.807, 2.05) is 24.3 Å². The van der Waals surface area contributed by atoms with Crippen LogP contribution in [0.5, 0.6) is 17.4 Å². The van der Waals surface area contributed by atoms with Gasteiger partial charge in [0.05, 0.1) is 12.8 Å². The first-order valence-corrected chi connectivity index (χ1v) is 8.57. The van der Waals surface area contributed by atoms with Crippen LogP contribution >= 0.6 is 0 Å². The Balaban J connectivity index is 1.58. The Morgan fingerprint density at radius 1 is 1.14 bits per heavy atom. The van der Waals surface area contributed by atoms with Gasteiger partial charge >= 0.3 is 0 Å². The van der Waals surface area contributed by atoms with Gasteiger partial charge in [-0.3, -0.25) is 10.1 Å². The molecule has 0 aliphatic heterocycles. The first kappa shape index (κ1) is 18.1. The monoisotopic (exact) mass is 388 g/mol. The number of rotatable bonds is 7.